The highest BCUT2D eigenvalue weighted by Gasteiger charge is 2.59. The fourth-order valence-electron chi connectivity index (χ4n) is 7.06. The second-order valence-corrected chi connectivity index (χ2v) is 10.8. The number of ketones is 1. The van der Waals surface area contributed by atoms with Crippen LogP contribution in [0, 0.1) is 29.1 Å². The van der Waals surface area contributed by atoms with Gasteiger partial charge in [0.15, 0.2) is 0 Å². The Morgan fingerprint density at radius 3 is 2.78 bits per heavy atom. The van der Waals surface area contributed by atoms with E-state index in [0.29, 0.717) is 23.5 Å². The molecule has 0 spiro atoms. The van der Waals surface area contributed by atoms with Gasteiger partial charge in [0.1, 0.15) is 5.78 Å². The van der Waals surface area contributed by atoms with Crippen LogP contribution in [-0.2, 0) is 11.2 Å². The molecule has 2 heteroatoms. The molecule has 1 aromatic carbocycles. The molecule has 2 fully saturated rings. The predicted octanol–water partition coefficient (Wildman–Crippen LogP) is 6.97. The number of alkyl halides is 1. The van der Waals surface area contributed by atoms with E-state index in [0.717, 1.165) is 24.7 Å². The highest BCUT2D eigenvalue weighted by Crippen LogP contribution is 2.62. The number of halogens is 1. The van der Waals surface area contributed by atoms with E-state index in [-0.39, 0.29) is 5.41 Å². The normalized spacial score (nSPS) is 37.6. The van der Waals surface area contributed by atoms with Crippen molar-refractivity contribution in [1.29, 1.82) is 0 Å². The Balaban J connectivity index is 1.64. The lowest BCUT2D eigenvalue weighted by atomic mass is 9.52. The molecule has 6 atom stereocenters. The zero-order chi connectivity index (χ0) is 19.0. The Morgan fingerprint density at radius 2 is 2.00 bits per heavy atom. The molecule has 0 N–H and O–H groups in total. The van der Waals surface area contributed by atoms with Gasteiger partial charge in [0.2, 0.25) is 0 Å². The van der Waals surface area contributed by atoms with E-state index >= 15 is 0 Å². The van der Waals surface area contributed by atoms with Crippen LogP contribution in [-0.4, -0.2) is 10.2 Å². The third kappa shape index (κ3) is 3.42. The average Bonchev–Trinajstić information content (AvgIpc) is 2.93. The summed E-state index contributed by atoms with van der Waals surface area (Å²) in [5.41, 5.74) is 3.19. The van der Waals surface area contributed by atoms with Gasteiger partial charge in [0.05, 0.1) is 0 Å². The molecule has 0 amide bonds. The number of carbonyl (C=O) groups excluding carboxylic acids is 1. The molecule has 1 nitrogen and oxygen atoms in total. The molecule has 3 aliphatic carbocycles. The van der Waals surface area contributed by atoms with Crippen LogP contribution in [0.3, 0.4) is 0 Å². The van der Waals surface area contributed by atoms with E-state index in [1.54, 1.807) is 11.1 Å². The molecule has 0 unspecified atom stereocenters. The van der Waals surface area contributed by atoms with Crippen molar-refractivity contribution in [2.45, 2.75) is 77.6 Å². The maximum atomic E-state index is 13.4. The number of hydrogen-bond donors (Lipinski definition) is 0. The van der Waals surface area contributed by atoms with E-state index in [1.165, 1.54) is 49.4 Å². The summed E-state index contributed by atoms with van der Waals surface area (Å²) in [6.45, 7) is 4.68. The standard InChI is InChI=1S/C25H35IO/c1-3-8-18-15-17-9-4-5-11-20(17)21-12-13-25(2)22(23(18)21)16-19(24(25)27)10-6-7-14-26/h4-5,9,11,18-19,21-23H,3,6-8,10,12-16H2,1-2H3/t18-,19-,21-,22+,23-,25+/m1/s1. The van der Waals surface area contributed by atoms with E-state index in [2.05, 4.69) is 60.7 Å². The molecule has 0 aromatic heterocycles. The first-order valence-electron chi connectivity index (χ1n) is 11.3. The largest absolute Gasteiger partial charge is 0.299 e. The SMILES string of the molecule is CCC[C@@H]1Cc2ccccc2[C@H]2CC[C@]3(C)C(=O)[C@H](CCCCI)C[C@H]3[C@H]12. The van der Waals surface area contributed by atoms with Gasteiger partial charge >= 0.3 is 0 Å². The van der Waals surface area contributed by atoms with Crippen LogP contribution >= 0.6 is 22.6 Å². The monoisotopic (exact) mass is 478 g/mol. The molecule has 3 aliphatic rings. The molecule has 0 aliphatic heterocycles. The van der Waals surface area contributed by atoms with Gasteiger partial charge in [-0.05, 0) is 77.8 Å². The summed E-state index contributed by atoms with van der Waals surface area (Å²) in [7, 11) is 0. The van der Waals surface area contributed by atoms with E-state index in [1.807, 2.05) is 0 Å². The quantitative estimate of drug-likeness (QED) is 0.245. The smallest absolute Gasteiger partial charge is 0.142 e. The second-order valence-electron chi connectivity index (χ2n) is 9.68. The lowest BCUT2D eigenvalue weighted by Gasteiger charge is -2.51. The molecule has 148 valence electrons. The summed E-state index contributed by atoms with van der Waals surface area (Å²) in [6, 6.07) is 9.22. The molecule has 0 bridgehead atoms. The summed E-state index contributed by atoms with van der Waals surface area (Å²) >= 11 is 2.47. The van der Waals surface area contributed by atoms with E-state index < -0.39 is 0 Å². The summed E-state index contributed by atoms with van der Waals surface area (Å²) in [4.78, 5) is 13.4. The van der Waals surface area contributed by atoms with Crippen LogP contribution in [0.25, 0.3) is 0 Å². The third-order valence-electron chi connectivity index (χ3n) is 8.27. The topological polar surface area (TPSA) is 17.1 Å². The van der Waals surface area contributed by atoms with Crippen LogP contribution < -0.4 is 0 Å². The molecule has 0 heterocycles. The van der Waals surface area contributed by atoms with E-state index in [9.17, 15) is 4.79 Å². The zero-order valence-corrected chi connectivity index (χ0v) is 19.2. The van der Waals surface area contributed by atoms with Crippen LogP contribution in [0.5, 0.6) is 0 Å². The number of hydrogen-bond acceptors (Lipinski definition) is 1. The minimum absolute atomic E-state index is 0.0333. The zero-order valence-electron chi connectivity index (χ0n) is 17.1. The molecule has 0 saturated heterocycles. The molecule has 27 heavy (non-hydrogen) atoms. The van der Waals surface area contributed by atoms with Gasteiger partial charge in [-0.3, -0.25) is 4.79 Å². The van der Waals surface area contributed by atoms with Crippen molar-refractivity contribution < 1.29 is 4.79 Å². The second kappa shape index (κ2) is 8.16. The lowest BCUT2D eigenvalue weighted by molar-refractivity contribution is -0.132. The number of fused-ring (bicyclic) bond motifs is 5. The van der Waals surface area contributed by atoms with Crippen molar-refractivity contribution in [3.8, 4) is 0 Å². The van der Waals surface area contributed by atoms with Crippen molar-refractivity contribution in [1.82, 2.24) is 0 Å². The van der Waals surface area contributed by atoms with Crippen LogP contribution in [0.4, 0.5) is 0 Å². The highest BCUT2D eigenvalue weighted by atomic mass is 127. The number of Topliss-reactive ketones (excluding diaryl/α,β-unsaturated/α-hetero) is 1. The van der Waals surface area contributed by atoms with Crippen LogP contribution in [0.2, 0.25) is 0 Å². The molecule has 2 saturated carbocycles. The van der Waals surface area contributed by atoms with Gasteiger partial charge in [-0.25, -0.2) is 0 Å². The van der Waals surface area contributed by atoms with E-state index in [4.69, 9.17) is 0 Å². The minimum atomic E-state index is -0.0333. The average molecular weight is 478 g/mol. The Bertz CT molecular complexity index is 683. The lowest BCUT2D eigenvalue weighted by Crippen LogP contribution is -2.46. The van der Waals surface area contributed by atoms with Gasteiger partial charge in [-0.15, -0.1) is 0 Å². The molecular formula is C25H35IO. The Labute approximate surface area is 179 Å². The minimum Gasteiger partial charge on any atom is -0.299 e. The Morgan fingerprint density at radius 1 is 1.19 bits per heavy atom. The molecular weight excluding hydrogens is 443 g/mol. The molecule has 4 rings (SSSR count). The predicted molar refractivity (Wildman–Crippen MR) is 121 cm³/mol. The fourth-order valence-corrected chi connectivity index (χ4v) is 7.60. The van der Waals surface area contributed by atoms with Gasteiger partial charge in [0.25, 0.3) is 0 Å². The summed E-state index contributed by atoms with van der Waals surface area (Å²) in [5.74, 6) is 3.82. The number of rotatable bonds is 6. The first kappa shape index (κ1) is 19.9. The number of unbranched alkanes of at least 4 members (excludes halogenated alkanes) is 1. The number of benzene rings is 1. The molecule has 1 aromatic rings. The van der Waals surface area contributed by atoms with Crippen molar-refractivity contribution >= 4 is 28.4 Å². The van der Waals surface area contributed by atoms with Crippen molar-refractivity contribution in [3.05, 3.63) is 35.4 Å². The highest BCUT2D eigenvalue weighted by molar-refractivity contribution is 14.1. The first-order chi connectivity index (χ1) is 13.1. The maximum Gasteiger partial charge on any atom is 0.142 e. The van der Waals surface area contributed by atoms with Gasteiger partial charge in [-0.2, -0.15) is 0 Å². The summed E-state index contributed by atoms with van der Waals surface area (Å²) < 4.78 is 1.22. The Hall–Kier alpha value is -0.380. The fraction of sp³-hybridized carbons (Fsp3) is 0.720. The summed E-state index contributed by atoms with van der Waals surface area (Å²) in [6.07, 6.45) is 11.0. The van der Waals surface area contributed by atoms with Gasteiger partial charge < -0.3 is 0 Å². The van der Waals surface area contributed by atoms with Gasteiger partial charge in [0, 0.05) is 11.3 Å². The first-order valence-corrected chi connectivity index (χ1v) is 12.8. The molecule has 0 radical (unpaired) electrons. The van der Waals surface area contributed by atoms with Gasteiger partial charge in [-0.1, -0.05) is 80.0 Å². The number of carbonyl (C=O) groups is 1. The third-order valence-corrected chi connectivity index (χ3v) is 9.03. The summed E-state index contributed by atoms with van der Waals surface area (Å²) in [5, 5.41) is 0. The van der Waals surface area contributed by atoms with Crippen LogP contribution in [0.15, 0.2) is 24.3 Å². The van der Waals surface area contributed by atoms with Crippen molar-refractivity contribution in [2.24, 2.45) is 29.1 Å². The maximum absolute atomic E-state index is 13.4. The Kier molecular flexibility index (Phi) is 6.02. The van der Waals surface area contributed by atoms with Crippen LogP contribution in [0.1, 0.15) is 82.3 Å². The van der Waals surface area contributed by atoms with Crippen molar-refractivity contribution in [3.63, 3.8) is 0 Å². The van der Waals surface area contributed by atoms with Crippen molar-refractivity contribution in [2.75, 3.05) is 4.43 Å².